The van der Waals surface area contributed by atoms with E-state index in [-0.39, 0.29) is 17.4 Å². The standard InChI is InChI=1S/C9H8O.Al.3H3O4P/c1-2-6-9-8(4-1)5-3-7-10-9;;3*1-5(2,3)4/h1-6H,7H2;;3*(H3,1,2,3,4)/q;+3;;;/p-3. The van der Waals surface area contributed by atoms with Gasteiger partial charge >= 0.3 is 17.4 Å². The van der Waals surface area contributed by atoms with Gasteiger partial charge in [-0.2, -0.15) is 0 Å². The predicted molar refractivity (Wildman–Crippen MR) is 82.9 cm³/mol. The molecule has 6 N–H and O–H groups in total. The molecule has 0 saturated carbocycles. The Hall–Kier alpha value is -0.378. The average molecular weight is 450 g/mol. The van der Waals surface area contributed by atoms with Crippen LogP contribution in [0.3, 0.4) is 0 Å². The van der Waals surface area contributed by atoms with Gasteiger partial charge in [0.15, 0.2) is 0 Å². The first-order chi connectivity index (χ1) is 11.0. The summed E-state index contributed by atoms with van der Waals surface area (Å²) in [5.41, 5.74) is 1.17. The van der Waals surface area contributed by atoms with Crippen molar-refractivity contribution in [2.75, 3.05) is 6.61 Å². The third kappa shape index (κ3) is 38.9. The summed E-state index contributed by atoms with van der Waals surface area (Å²) in [5, 5.41) is 0. The smallest absolute Gasteiger partial charge is 0.756 e. The summed E-state index contributed by atoms with van der Waals surface area (Å²) in [7, 11) is -14.7. The van der Waals surface area contributed by atoms with E-state index in [4.69, 9.17) is 62.5 Å². The van der Waals surface area contributed by atoms with E-state index in [1.807, 2.05) is 30.3 Å². The number of hydrogen-bond acceptors (Lipinski definition) is 7. The first-order valence-electron chi connectivity index (χ1n) is 5.65. The minimum atomic E-state index is -4.89. The third-order valence-electron chi connectivity index (χ3n) is 1.55. The van der Waals surface area contributed by atoms with Crippen molar-refractivity contribution in [3.8, 4) is 5.75 Å². The van der Waals surface area contributed by atoms with E-state index in [1.54, 1.807) is 0 Å². The van der Waals surface area contributed by atoms with Crippen LogP contribution in [0.5, 0.6) is 5.75 Å². The Morgan fingerprint density at radius 3 is 1.50 bits per heavy atom. The molecule has 0 radical (unpaired) electrons. The van der Waals surface area contributed by atoms with Gasteiger partial charge in [-0.3, -0.25) is 13.7 Å². The van der Waals surface area contributed by atoms with Gasteiger partial charge < -0.3 is 48.8 Å². The molecule has 0 fully saturated rings. The largest absolute Gasteiger partial charge is 3.00 e. The van der Waals surface area contributed by atoms with Gasteiger partial charge in [-0.1, -0.05) is 24.3 Å². The van der Waals surface area contributed by atoms with Crippen molar-refractivity contribution < 1.29 is 62.5 Å². The normalized spacial score (nSPS) is 12.2. The quantitative estimate of drug-likeness (QED) is 0.171. The summed E-state index contributed by atoms with van der Waals surface area (Å²) in [6, 6.07) is 8.03. The van der Waals surface area contributed by atoms with Crippen LogP contribution in [0, 0.1) is 0 Å². The van der Waals surface area contributed by atoms with E-state index in [1.165, 1.54) is 5.56 Å². The molecule has 0 atom stereocenters. The van der Waals surface area contributed by atoms with Crippen LogP contribution in [0.2, 0.25) is 0 Å². The Bertz CT molecular complexity index is 603. The molecule has 1 aromatic carbocycles. The molecule has 17 heteroatoms. The zero-order valence-corrected chi connectivity index (χ0v) is 16.5. The molecule has 0 bridgehead atoms. The van der Waals surface area contributed by atoms with Gasteiger partial charge in [-0.25, -0.2) is 0 Å². The van der Waals surface area contributed by atoms with E-state index in [0.29, 0.717) is 6.61 Å². The van der Waals surface area contributed by atoms with E-state index >= 15 is 0 Å². The first kappa shape index (κ1) is 30.4. The van der Waals surface area contributed by atoms with Gasteiger partial charge in [-0.15, -0.1) is 0 Å². The fourth-order valence-corrected chi connectivity index (χ4v) is 1.06. The molecule has 0 spiro atoms. The van der Waals surface area contributed by atoms with Crippen molar-refractivity contribution in [3.05, 3.63) is 35.9 Å². The van der Waals surface area contributed by atoms with Crippen LogP contribution in [0.4, 0.5) is 0 Å². The van der Waals surface area contributed by atoms with Crippen molar-refractivity contribution in [3.63, 3.8) is 0 Å². The van der Waals surface area contributed by atoms with Crippen LogP contribution in [-0.4, -0.2) is 53.3 Å². The molecule has 26 heavy (non-hydrogen) atoms. The van der Waals surface area contributed by atoms with E-state index in [0.717, 1.165) is 5.75 Å². The number of benzene rings is 1. The summed E-state index contributed by atoms with van der Waals surface area (Å²) in [6.45, 7) is 0.705. The average Bonchev–Trinajstić information content (AvgIpc) is 2.33. The summed E-state index contributed by atoms with van der Waals surface area (Å²) in [5.74, 6) is 0.991. The molecule has 0 saturated heterocycles. The fraction of sp³-hybridized carbons (Fsp3) is 0.111. The van der Waals surface area contributed by atoms with Gasteiger partial charge in [0, 0.05) is 5.56 Å². The Kier molecular flexibility index (Phi) is 16.0. The molecule has 1 aromatic rings. The summed E-state index contributed by atoms with van der Waals surface area (Å²) < 4.78 is 31.6. The Labute approximate surface area is 158 Å². The SMILES string of the molecule is C1=Cc2ccccc2OC1.O=P([O-])(O)O.O=P([O-])(O)O.O=P([O-])(O)O.[Al+3]. The number of fused-ring (bicyclic) bond motifs is 1. The van der Waals surface area contributed by atoms with Crippen molar-refractivity contribution in [2.45, 2.75) is 0 Å². The maximum Gasteiger partial charge on any atom is 3.00 e. The molecule has 0 unspecified atom stereocenters. The number of hydrogen-bond donors (Lipinski definition) is 6. The van der Waals surface area contributed by atoms with Gasteiger partial charge in [0.05, 0.1) is 0 Å². The van der Waals surface area contributed by atoms with Crippen molar-refractivity contribution >= 4 is 46.9 Å². The maximum absolute atomic E-state index is 8.77. The molecular weight excluding hydrogens is 436 g/mol. The number of ether oxygens (including phenoxy) is 1. The summed E-state index contributed by atoms with van der Waals surface area (Å²) in [4.78, 5) is 68.8. The Balaban J connectivity index is -0.000000290. The monoisotopic (exact) mass is 450 g/mol. The second-order valence-corrected chi connectivity index (χ2v) is 6.67. The van der Waals surface area contributed by atoms with Crippen molar-refractivity contribution in [1.29, 1.82) is 0 Å². The second kappa shape index (κ2) is 13.7. The van der Waals surface area contributed by atoms with E-state index in [9.17, 15) is 0 Å². The van der Waals surface area contributed by atoms with Crippen LogP contribution in [0.25, 0.3) is 6.08 Å². The Morgan fingerprint density at radius 2 is 1.15 bits per heavy atom. The molecule has 1 heterocycles. The zero-order valence-electron chi connectivity index (χ0n) is 12.6. The number of rotatable bonds is 0. The van der Waals surface area contributed by atoms with Crippen LogP contribution < -0.4 is 19.4 Å². The second-order valence-electron chi connectivity index (χ2n) is 3.72. The van der Waals surface area contributed by atoms with Crippen LogP contribution in [0.1, 0.15) is 5.56 Å². The molecule has 0 aliphatic carbocycles. The number of para-hydroxylation sites is 1. The minimum Gasteiger partial charge on any atom is -0.756 e. The maximum atomic E-state index is 8.77. The van der Waals surface area contributed by atoms with Gasteiger partial charge in [0.2, 0.25) is 0 Å². The van der Waals surface area contributed by atoms with Gasteiger partial charge in [0.25, 0.3) is 23.5 Å². The Morgan fingerprint density at radius 1 is 0.808 bits per heavy atom. The van der Waals surface area contributed by atoms with Crippen molar-refractivity contribution in [2.24, 2.45) is 0 Å². The summed E-state index contributed by atoms with van der Waals surface area (Å²) >= 11 is 0. The summed E-state index contributed by atoms with van der Waals surface area (Å²) in [6.07, 6.45) is 4.10. The zero-order chi connectivity index (χ0) is 20.3. The third-order valence-corrected chi connectivity index (χ3v) is 1.55. The molecule has 2 rings (SSSR count). The van der Waals surface area contributed by atoms with Crippen molar-refractivity contribution in [1.82, 2.24) is 0 Å². The first-order valence-corrected chi connectivity index (χ1v) is 10.2. The minimum absolute atomic E-state index is 0. The molecule has 1 aliphatic heterocycles. The molecule has 0 amide bonds. The predicted octanol–water partition coefficient (Wildman–Crippen LogP) is -2.97. The molecule has 13 nitrogen and oxygen atoms in total. The van der Waals surface area contributed by atoms with Crippen LogP contribution >= 0.6 is 23.5 Å². The molecule has 0 aromatic heterocycles. The molecule has 146 valence electrons. The fourth-order valence-electron chi connectivity index (χ4n) is 1.06. The van der Waals surface area contributed by atoms with E-state index in [2.05, 4.69) is 6.08 Å². The van der Waals surface area contributed by atoms with Gasteiger partial charge in [-0.05, 0) is 12.1 Å². The molecule has 1 aliphatic rings. The number of phosphoric acid groups is 3. The van der Waals surface area contributed by atoms with Crippen LogP contribution in [-0.2, 0) is 13.7 Å². The molecular formula is C9H14AlO13P3. The van der Waals surface area contributed by atoms with E-state index < -0.39 is 23.5 Å². The van der Waals surface area contributed by atoms with Gasteiger partial charge in [0.1, 0.15) is 12.4 Å². The van der Waals surface area contributed by atoms with Crippen LogP contribution in [0.15, 0.2) is 30.3 Å². The topological polar surface area (TPSA) is 251 Å².